The van der Waals surface area contributed by atoms with Crippen molar-refractivity contribution in [3.63, 3.8) is 0 Å². The molecule has 2 nitrogen and oxygen atoms in total. The molecule has 7 aromatic carbocycles. The van der Waals surface area contributed by atoms with E-state index in [9.17, 15) is 0 Å². The van der Waals surface area contributed by atoms with Crippen LogP contribution in [0.5, 0.6) is 0 Å². The second kappa shape index (κ2) is 10.1. The molecule has 1 aromatic heterocycles. The lowest BCUT2D eigenvalue weighted by molar-refractivity contribution is 0.673. The van der Waals surface area contributed by atoms with Crippen LogP contribution in [-0.4, -0.2) is 0 Å². The van der Waals surface area contributed by atoms with E-state index in [2.05, 4.69) is 169 Å². The molecule has 2 heteroatoms. The third kappa shape index (κ3) is 4.05. The Bertz CT molecular complexity index is 2160. The van der Waals surface area contributed by atoms with E-state index in [1.54, 1.807) is 0 Å². The van der Waals surface area contributed by atoms with Crippen LogP contribution in [-0.2, 0) is 0 Å². The summed E-state index contributed by atoms with van der Waals surface area (Å²) < 4.78 is 6.62. The fourth-order valence-corrected chi connectivity index (χ4v) is 6.11. The highest BCUT2D eigenvalue weighted by atomic mass is 16.3. The molecule has 0 N–H and O–H groups in total. The Hall–Kier alpha value is -5.60. The molecular weight excluding hydrogens is 510 g/mol. The number of para-hydroxylation sites is 1. The van der Waals surface area contributed by atoms with Gasteiger partial charge >= 0.3 is 0 Å². The van der Waals surface area contributed by atoms with Crippen molar-refractivity contribution >= 4 is 49.8 Å². The molecule has 8 aromatic rings. The zero-order valence-corrected chi connectivity index (χ0v) is 22.9. The number of nitrogens with zero attached hydrogens (tertiary/aromatic N) is 1. The van der Waals surface area contributed by atoms with Crippen LogP contribution in [0.1, 0.15) is 0 Å². The van der Waals surface area contributed by atoms with E-state index >= 15 is 0 Å². The van der Waals surface area contributed by atoms with Gasteiger partial charge in [-0.25, -0.2) is 0 Å². The maximum atomic E-state index is 6.62. The quantitative estimate of drug-likeness (QED) is 0.217. The van der Waals surface area contributed by atoms with Gasteiger partial charge in [-0.3, -0.25) is 0 Å². The van der Waals surface area contributed by atoms with Crippen LogP contribution in [0.2, 0.25) is 0 Å². The summed E-state index contributed by atoms with van der Waals surface area (Å²) in [5.74, 6) is 0. The van der Waals surface area contributed by atoms with Crippen molar-refractivity contribution in [1.82, 2.24) is 0 Å². The van der Waals surface area contributed by atoms with Gasteiger partial charge in [0.1, 0.15) is 11.2 Å². The van der Waals surface area contributed by atoms with Crippen molar-refractivity contribution in [3.8, 4) is 22.3 Å². The Kier molecular flexibility index (Phi) is 5.82. The summed E-state index contributed by atoms with van der Waals surface area (Å²) in [4.78, 5) is 2.36. The second-order valence-corrected chi connectivity index (χ2v) is 10.5. The van der Waals surface area contributed by atoms with Gasteiger partial charge in [0.25, 0.3) is 0 Å². The number of rotatable bonds is 5. The summed E-state index contributed by atoms with van der Waals surface area (Å²) in [5.41, 5.74) is 9.88. The summed E-state index contributed by atoms with van der Waals surface area (Å²) in [7, 11) is 0. The van der Waals surface area contributed by atoms with Crippen LogP contribution in [0.3, 0.4) is 0 Å². The second-order valence-electron chi connectivity index (χ2n) is 10.5. The van der Waals surface area contributed by atoms with Gasteiger partial charge in [0.05, 0.1) is 5.69 Å². The first-order valence-electron chi connectivity index (χ1n) is 14.3. The Morgan fingerprint density at radius 1 is 0.405 bits per heavy atom. The molecule has 0 saturated carbocycles. The molecule has 42 heavy (non-hydrogen) atoms. The third-order valence-corrected chi connectivity index (χ3v) is 8.05. The van der Waals surface area contributed by atoms with Gasteiger partial charge in [0, 0.05) is 32.9 Å². The normalized spacial score (nSPS) is 11.3. The van der Waals surface area contributed by atoms with E-state index in [4.69, 9.17) is 4.42 Å². The highest BCUT2D eigenvalue weighted by Crippen LogP contribution is 2.46. The molecule has 0 atom stereocenters. The van der Waals surface area contributed by atoms with Crippen LogP contribution in [0.4, 0.5) is 17.1 Å². The average Bonchev–Trinajstić information content (AvgIpc) is 3.46. The third-order valence-electron chi connectivity index (χ3n) is 8.05. The van der Waals surface area contributed by atoms with Gasteiger partial charge in [-0.05, 0) is 58.7 Å². The highest BCUT2D eigenvalue weighted by Gasteiger charge is 2.21. The van der Waals surface area contributed by atoms with Crippen molar-refractivity contribution in [1.29, 1.82) is 0 Å². The molecule has 0 bridgehead atoms. The molecule has 0 unspecified atom stereocenters. The zero-order chi connectivity index (χ0) is 27.9. The molecule has 0 aliphatic carbocycles. The van der Waals surface area contributed by atoms with Crippen molar-refractivity contribution in [2.45, 2.75) is 0 Å². The van der Waals surface area contributed by atoms with E-state index in [0.29, 0.717) is 0 Å². The lowest BCUT2D eigenvalue weighted by Gasteiger charge is -2.27. The molecule has 0 radical (unpaired) electrons. The smallest absolute Gasteiger partial charge is 0.143 e. The largest absolute Gasteiger partial charge is 0.455 e. The van der Waals surface area contributed by atoms with Crippen LogP contribution < -0.4 is 4.90 Å². The minimum atomic E-state index is 0.895. The van der Waals surface area contributed by atoms with Gasteiger partial charge in [-0.1, -0.05) is 127 Å². The van der Waals surface area contributed by atoms with E-state index in [-0.39, 0.29) is 0 Å². The summed E-state index contributed by atoms with van der Waals surface area (Å²) in [5, 5.41) is 4.49. The first-order valence-corrected chi connectivity index (χ1v) is 14.3. The van der Waals surface area contributed by atoms with Gasteiger partial charge in [0.2, 0.25) is 0 Å². The predicted molar refractivity (Wildman–Crippen MR) is 177 cm³/mol. The van der Waals surface area contributed by atoms with E-state index in [1.165, 1.54) is 22.3 Å². The SMILES string of the molecule is c1ccc(-c2ccc(N(c3ccccc3)c3cc4c(oc5cccc(-c6ccccc6)c54)c4ccccc34)cc2)cc1. The lowest BCUT2D eigenvalue weighted by atomic mass is 9.97. The van der Waals surface area contributed by atoms with Crippen molar-refractivity contribution < 1.29 is 4.42 Å². The van der Waals surface area contributed by atoms with E-state index in [1.807, 2.05) is 0 Å². The molecule has 0 fully saturated rings. The number of furan rings is 1. The maximum Gasteiger partial charge on any atom is 0.143 e. The summed E-state index contributed by atoms with van der Waals surface area (Å²) in [6.45, 7) is 0. The summed E-state index contributed by atoms with van der Waals surface area (Å²) in [6, 6.07) is 57.8. The Labute approximate surface area is 244 Å². The molecule has 8 rings (SSSR count). The first-order chi connectivity index (χ1) is 20.8. The minimum absolute atomic E-state index is 0.895. The Morgan fingerprint density at radius 3 is 1.69 bits per heavy atom. The fourth-order valence-electron chi connectivity index (χ4n) is 6.11. The maximum absolute atomic E-state index is 6.62. The van der Waals surface area contributed by atoms with Crippen LogP contribution in [0.15, 0.2) is 168 Å². The number of fused-ring (bicyclic) bond motifs is 5. The van der Waals surface area contributed by atoms with Crippen LogP contribution in [0.25, 0.3) is 55.0 Å². The monoisotopic (exact) mass is 537 g/mol. The molecule has 0 saturated heterocycles. The Balaban J connectivity index is 1.41. The van der Waals surface area contributed by atoms with Crippen molar-refractivity contribution in [3.05, 3.63) is 164 Å². The standard InChI is InChI=1S/C40H27NO/c1-4-13-28(14-5-1)29-23-25-32(26-24-29)41(31-17-8-3-9-18-31)37-27-36-39-33(30-15-6-2-7-16-30)21-12-22-38(39)42-40(36)35-20-11-10-19-34(35)37/h1-27H. The van der Waals surface area contributed by atoms with E-state index < -0.39 is 0 Å². The molecule has 0 aliphatic heterocycles. The zero-order valence-electron chi connectivity index (χ0n) is 22.9. The minimum Gasteiger partial charge on any atom is -0.455 e. The first kappa shape index (κ1) is 24.2. The number of hydrogen-bond acceptors (Lipinski definition) is 2. The fraction of sp³-hybridized carbons (Fsp3) is 0. The molecule has 198 valence electrons. The molecule has 0 aliphatic rings. The van der Waals surface area contributed by atoms with Gasteiger partial charge < -0.3 is 9.32 Å². The molecule has 1 heterocycles. The Morgan fingerprint density at radius 2 is 0.976 bits per heavy atom. The van der Waals surface area contributed by atoms with Crippen molar-refractivity contribution in [2.24, 2.45) is 0 Å². The summed E-state index contributed by atoms with van der Waals surface area (Å²) in [6.07, 6.45) is 0. The summed E-state index contributed by atoms with van der Waals surface area (Å²) >= 11 is 0. The molecule has 0 spiro atoms. The molecular formula is C40H27NO. The number of anilines is 3. The molecule has 0 amide bonds. The number of hydrogen-bond donors (Lipinski definition) is 0. The predicted octanol–water partition coefficient (Wildman–Crippen LogP) is 11.5. The van der Waals surface area contributed by atoms with E-state index in [0.717, 1.165) is 49.8 Å². The van der Waals surface area contributed by atoms with Gasteiger partial charge in [-0.15, -0.1) is 0 Å². The lowest BCUT2D eigenvalue weighted by Crippen LogP contribution is -2.10. The number of benzene rings is 7. The van der Waals surface area contributed by atoms with Crippen LogP contribution in [0, 0.1) is 0 Å². The van der Waals surface area contributed by atoms with Gasteiger partial charge in [-0.2, -0.15) is 0 Å². The average molecular weight is 538 g/mol. The van der Waals surface area contributed by atoms with Crippen LogP contribution >= 0.6 is 0 Å². The highest BCUT2D eigenvalue weighted by molar-refractivity contribution is 6.22. The van der Waals surface area contributed by atoms with Gasteiger partial charge in [0.15, 0.2) is 0 Å². The topological polar surface area (TPSA) is 16.4 Å². The van der Waals surface area contributed by atoms with Crippen molar-refractivity contribution in [2.75, 3.05) is 4.90 Å².